The van der Waals surface area contributed by atoms with Crippen molar-refractivity contribution in [2.24, 2.45) is 5.92 Å². The molecule has 0 fully saturated rings. The van der Waals surface area contributed by atoms with Crippen molar-refractivity contribution >= 4 is 15.9 Å². The monoisotopic (exact) mass is 279 g/mol. The minimum Gasteiger partial charge on any atom is -0.306 e. The normalized spacial score (nSPS) is 13.8. The molecule has 0 rings (SSSR count). The second kappa shape index (κ2) is 8.61. The van der Waals surface area contributed by atoms with E-state index in [9.17, 15) is 13.2 Å². The molecule has 1 unspecified atom stereocenters. The van der Waals surface area contributed by atoms with Gasteiger partial charge in [-0.2, -0.15) is 8.42 Å². The summed E-state index contributed by atoms with van der Waals surface area (Å²) in [5.41, 5.74) is 0. The Hall–Kier alpha value is -0.460. The van der Waals surface area contributed by atoms with Crippen molar-refractivity contribution in [1.82, 2.24) is 4.90 Å². The van der Waals surface area contributed by atoms with Crippen LogP contribution < -0.4 is 0 Å². The van der Waals surface area contributed by atoms with E-state index in [1.54, 1.807) is 6.92 Å². The molecule has 108 valence electrons. The predicted molar refractivity (Wildman–Crippen MR) is 72.2 cm³/mol. The lowest BCUT2D eigenvalue weighted by Crippen LogP contribution is -2.26. The standard InChI is InChI=1S/C12H25NO4S/c1-4-6-12(11(2)14)7-9-13(3)8-5-10-18(15,16)17/h12H,4-10H2,1-3H3,(H,15,16,17). The zero-order valence-corrected chi connectivity index (χ0v) is 12.4. The summed E-state index contributed by atoms with van der Waals surface area (Å²) in [6, 6.07) is 0. The van der Waals surface area contributed by atoms with Gasteiger partial charge in [-0.15, -0.1) is 0 Å². The molecule has 0 aliphatic rings. The smallest absolute Gasteiger partial charge is 0.264 e. The van der Waals surface area contributed by atoms with E-state index in [0.717, 1.165) is 25.8 Å². The molecule has 6 heteroatoms. The number of hydrogen-bond donors (Lipinski definition) is 1. The summed E-state index contributed by atoms with van der Waals surface area (Å²) in [4.78, 5) is 13.4. The van der Waals surface area contributed by atoms with Crippen LogP contribution in [-0.2, 0) is 14.9 Å². The first-order chi connectivity index (χ1) is 8.26. The Kier molecular flexibility index (Phi) is 8.39. The van der Waals surface area contributed by atoms with Crippen molar-refractivity contribution in [3.05, 3.63) is 0 Å². The van der Waals surface area contributed by atoms with Crippen LogP contribution in [0.15, 0.2) is 0 Å². The van der Waals surface area contributed by atoms with Crippen LogP contribution in [0.4, 0.5) is 0 Å². The fraction of sp³-hybridized carbons (Fsp3) is 0.917. The molecule has 0 saturated carbocycles. The highest BCUT2D eigenvalue weighted by Crippen LogP contribution is 2.13. The largest absolute Gasteiger partial charge is 0.306 e. The summed E-state index contributed by atoms with van der Waals surface area (Å²) < 4.78 is 29.7. The van der Waals surface area contributed by atoms with Crippen molar-refractivity contribution in [3.8, 4) is 0 Å². The van der Waals surface area contributed by atoms with Gasteiger partial charge < -0.3 is 4.90 Å². The zero-order valence-electron chi connectivity index (χ0n) is 11.6. The van der Waals surface area contributed by atoms with Crippen LogP contribution in [-0.4, -0.2) is 49.5 Å². The van der Waals surface area contributed by atoms with Crippen molar-refractivity contribution in [1.29, 1.82) is 0 Å². The van der Waals surface area contributed by atoms with Gasteiger partial charge in [0.1, 0.15) is 5.78 Å². The fourth-order valence-corrected chi connectivity index (χ4v) is 2.40. The third-order valence-electron chi connectivity index (χ3n) is 3.01. The van der Waals surface area contributed by atoms with Gasteiger partial charge in [0.25, 0.3) is 10.1 Å². The van der Waals surface area contributed by atoms with Gasteiger partial charge >= 0.3 is 0 Å². The van der Waals surface area contributed by atoms with E-state index >= 15 is 0 Å². The second-order valence-corrected chi connectivity index (χ2v) is 6.40. The summed E-state index contributed by atoms with van der Waals surface area (Å²) in [6.45, 7) is 5.07. The van der Waals surface area contributed by atoms with Gasteiger partial charge in [-0.3, -0.25) is 9.35 Å². The molecule has 1 atom stereocenters. The third kappa shape index (κ3) is 9.56. The number of carbonyl (C=O) groups is 1. The van der Waals surface area contributed by atoms with Crippen molar-refractivity contribution in [3.63, 3.8) is 0 Å². The lowest BCUT2D eigenvalue weighted by Gasteiger charge is -2.19. The van der Waals surface area contributed by atoms with Gasteiger partial charge in [0.15, 0.2) is 0 Å². The topological polar surface area (TPSA) is 74.7 Å². The lowest BCUT2D eigenvalue weighted by molar-refractivity contribution is -0.121. The first-order valence-corrected chi connectivity index (χ1v) is 8.01. The summed E-state index contributed by atoms with van der Waals surface area (Å²) in [6.07, 6.45) is 3.13. The Bertz CT molecular complexity index is 340. The molecule has 0 heterocycles. The van der Waals surface area contributed by atoms with Crippen molar-refractivity contribution in [2.45, 2.75) is 39.5 Å². The summed E-state index contributed by atoms with van der Waals surface area (Å²) in [5, 5.41) is 0. The fourth-order valence-electron chi connectivity index (χ4n) is 1.90. The van der Waals surface area contributed by atoms with Crippen LogP contribution in [0, 0.1) is 5.92 Å². The number of Topliss-reactive ketones (excluding diaryl/α,β-unsaturated/α-hetero) is 1. The highest BCUT2D eigenvalue weighted by Gasteiger charge is 2.14. The van der Waals surface area contributed by atoms with Crippen LogP contribution in [0.3, 0.4) is 0 Å². The maximum Gasteiger partial charge on any atom is 0.264 e. The minimum atomic E-state index is -3.85. The Morgan fingerprint density at radius 2 is 1.89 bits per heavy atom. The predicted octanol–water partition coefficient (Wildman–Crippen LogP) is 1.59. The molecule has 5 nitrogen and oxygen atoms in total. The van der Waals surface area contributed by atoms with Crippen LogP contribution in [0.5, 0.6) is 0 Å². The second-order valence-electron chi connectivity index (χ2n) is 4.83. The molecule has 0 radical (unpaired) electrons. The first kappa shape index (κ1) is 17.5. The highest BCUT2D eigenvalue weighted by molar-refractivity contribution is 7.85. The van der Waals surface area contributed by atoms with E-state index in [-0.39, 0.29) is 17.5 Å². The minimum absolute atomic E-state index is 0.110. The summed E-state index contributed by atoms with van der Waals surface area (Å²) in [5.74, 6) is 0.129. The van der Waals surface area contributed by atoms with E-state index in [4.69, 9.17) is 4.55 Å². The van der Waals surface area contributed by atoms with Gasteiger partial charge in [-0.05, 0) is 46.3 Å². The van der Waals surface area contributed by atoms with E-state index in [1.165, 1.54) is 0 Å². The molecule has 0 aromatic carbocycles. The van der Waals surface area contributed by atoms with Crippen molar-refractivity contribution < 1.29 is 17.8 Å². The molecular formula is C12H25NO4S. The molecule has 0 aromatic heterocycles. The van der Waals surface area contributed by atoms with Gasteiger partial charge in [0, 0.05) is 5.92 Å². The number of ketones is 1. The average Bonchev–Trinajstić information content (AvgIpc) is 2.21. The molecule has 0 saturated heterocycles. The molecule has 0 aromatic rings. The molecule has 0 amide bonds. The quantitative estimate of drug-likeness (QED) is 0.615. The van der Waals surface area contributed by atoms with Crippen molar-refractivity contribution in [2.75, 3.05) is 25.9 Å². The van der Waals surface area contributed by atoms with Crippen LogP contribution in [0.2, 0.25) is 0 Å². The Balaban J connectivity index is 3.87. The van der Waals surface area contributed by atoms with Crippen LogP contribution in [0.1, 0.15) is 39.5 Å². The molecule has 0 aliphatic carbocycles. The zero-order chi connectivity index (χ0) is 14.2. The molecule has 1 N–H and O–H groups in total. The van der Waals surface area contributed by atoms with Crippen LogP contribution in [0.25, 0.3) is 0 Å². The molecular weight excluding hydrogens is 254 g/mol. The molecule has 0 spiro atoms. The van der Waals surface area contributed by atoms with Gasteiger partial charge in [0.05, 0.1) is 5.75 Å². The summed E-state index contributed by atoms with van der Waals surface area (Å²) in [7, 11) is -1.96. The van der Waals surface area contributed by atoms with Crippen LogP contribution >= 0.6 is 0 Å². The van der Waals surface area contributed by atoms with E-state index in [0.29, 0.717) is 13.0 Å². The maximum atomic E-state index is 11.4. The highest BCUT2D eigenvalue weighted by atomic mass is 32.2. The van der Waals surface area contributed by atoms with Gasteiger partial charge in [-0.25, -0.2) is 0 Å². The third-order valence-corrected chi connectivity index (χ3v) is 3.82. The van der Waals surface area contributed by atoms with E-state index in [1.807, 2.05) is 11.9 Å². The molecule has 18 heavy (non-hydrogen) atoms. The Labute approximate surface area is 110 Å². The number of carbonyl (C=O) groups excluding carboxylic acids is 1. The molecule has 0 aliphatic heterocycles. The van der Waals surface area contributed by atoms with Gasteiger partial charge in [-0.1, -0.05) is 13.3 Å². The maximum absolute atomic E-state index is 11.4. The molecule has 0 bridgehead atoms. The number of nitrogens with zero attached hydrogens (tertiary/aromatic N) is 1. The lowest BCUT2D eigenvalue weighted by atomic mass is 9.96. The number of hydrogen-bond acceptors (Lipinski definition) is 4. The Morgan fingerprint density at radius 3 is 2.33 bits per heavy atom. The van der Waals surface area contributed by atoms with E-state index in [2.05, 4.69) is 6.92 Å². The Morgan fingerprint density at radius 1 is 1.28 bits per heavy atom. The SMILES string of the molecule is CCCC(CCN(C)CCCS(=O)(=O)O)C(C)=O. The average molecular weight is 279 g/mol. The van der Waals surface area contributed by atoms with E-state index < -0.39 is 10.1 Å². The first-order valence-electron chi connectivity index (χ1n) is 6.40. The van der Waals surface area contributed by atoms with Gasteiger partial charge in [0.2, 0.25) is 0 Å². The number of rotatable bonds is 10. The summed E-state index contributed by atoms with van der Waals surface area (Å²) >= 11 is 0.